The van der Waals surface area contributed by atoms with Gasteiger partial charge in [0, 0.05) is 48.7 Å². The standard InChI is InChI=1S/C24H21Cl2FN4O2/c1-13(28)14-4-6-17(20(27)8-14)22(32)11-18-19(9-16(26)10-21(18)31(2)3)24(33)30-23-7-5-15(25)12-29-23/h4-10,12,28H,11H2,1-3H3,(H,29,30,33). The fraction of sp³-hybridized carbons (Fsp3) is 0.167. The van der Waals surface area contributed by atoms with Crippen LogP contribution < -0.4 is 10.2 Å². The molecule has 0 unspecified atom stereocenters. The van der Waals surface area contributed by atoms with Crippen LogP contribution in [-0.4, -0.2) is 36.5 Å². The summed E-state index contributed by atoms with van der Waals surface area (Å²) < 4.78 is 14.6. The lowest BCUT2D eigenvalue weighted by molar-refractivity contribution is 0.0989. The van der Waals surface area contributed by atoms with Crippen LogP contribution in [0, 0.1) is 11.2 Å². The van der Waals surface area contributed by atoms with Crippen molar-refractivity contribution in [3.8, 4) is 0 Å². The molecule has 0 aliphatic rings. The quantitative estimate of drug-likeness (QED) is 0.333. The van der Waals surface area contributed by atoms with Gasteiger partial charge in [0.2, 0.25) is 0 Å². The maximum Gasteiger partial charge on any atom is 0.257 e. The van der Waals surface area contributed by atoms with E-state index in [0.29, 0.717) is 26.9 Å². The van der Waals surface area contributed by atoms with Gasteiger partial charge in [-0.2, -0.15) is 0 Å². The highest BCUT2D eigenvalue weighted by molar-refractivity contribution is 6.31. The number of rotatable bonds is 7. The predicted molar refractivity (Wildman–Crippen MR) is 130 cm³/mol. The minimum atomic E-state index is -0.721. The zero-order valence-electron chi connectivity index (χ0n) is 18.2. The van der Waals surface area contributed by atoms with E-state index >= 15 is 0 Å². The first-order chi connectivity index (χ1) is 15.6. The van der Waals surface area contributed by atoms with Crippen LogP contribution in [0.5, 0.6) is 0 Å². The van der Waals surface area contributed by atoms with Gasteiger partial charge in [-0.25, -0.2) is 9.37 Å². The van der Waals surface area contributed by atoms with E-state index < -0.39 is 17.5 Å². The highest BCUT2D eigenvalue weighted by atomic mass is 35.5. The lowest BCUT2D eigenvalue weighted by atomic mass is 9.95. The molecule has 0 saturated carbocycles. The average Bonchev–Trinajstić information content (AvgIpc) is 2.75. The number of halogens is 3. The Labute approximate surface area is 200 Å². The molecule has 3 aromatic rings. The molecule has 9 heteroatoms. The lowest BCUT2D eigenvalue weighted by Gasteiger charge is -2.21. The smallest absolute Gasteiger partial charge is 0.257 e. The zero-order chi connectivity index (χ0) is 24.3. The number of aromatic nitrogens is 1. The maximum absolute atomic E-state index is 14.6. The van der Waals surface area contributed by atoms with Gasteiger partial charge in [-0.3, -0.25) is 9.59 Å². The first kappa shape index (κ1) is 24.4. The number of carbonyl (C=O) groups is 2. The van der Waals surface area contributed by atoms with Crippen molar-refractivity contribution >= 4 is 52.1 Å². The first-order valence-corrected chi connectivity index (χ1v) is 10.6. The van der Waals surface area contributed by atoms with Gasteiger partial charge in [0.05, 0.1) is 10.6 Å². The van der Waals surface area contributed by atoms with Gasteiger partial charge >= 0.3 is 0 Å². The van der Waals surface area contributed by atoms with Crippen molar-refractivity contribution in [3.05, 3.63) is 86.8 Å². The van der Waals surface area contributed by atoms with E-state index in [1.807, 2.05) is 0 Å². The van der Waals surface area contributed by atoms with Crippen LogP contribution >= 0.6 is 23.2 Å². The molecular formula is C24H21Cl2FN4O2. The molecule has 0 fully saturated rings. The number of carbonyl (C=O) groups excluding carboxylic acids is 2. The molecule has 0 aliphatic carbocycles. The van der Waals surface area contributed by atoms with E-state index in [9.17, 15) is 14.0 Å². The summed E-state index contributed by atoms with van der Waals surface area (Å²) in [5.41, 5.74) is 1.58. The van der Waals surface area contributed by atoms with Crippen molar-refractivity contribution in [2.45, 2.75) is 13.3 Å². The van der Waals surface area contributed by atoms with Crippen molar-refractivity contribution in [1.29, 1.82) is 5.41 Å². The molecule has 0 atom stereocenters. The number of benzene rings is 2. The summed E-state index contributed by atoms with van der Waals surface area (Å²) in [7, 11) is 3.51. The summed E-state index contributed by atoms with van der Waals surface area (Å²) in [6.45, 7) is 1.54. The molecule has 0 spiro atoms. The average molecular weight is 487 g/mol. The van der Waals surface area contributed by atoms with Gasteiger partial charge in [-0.1, -0.05) is 29.3 Å². The van der Waals surface area contributed by atoms with Crippen LogP contribution in [0.1, 0.15) is 38.8 Å². The third kappa shape index (κ3) is 5.74. The highest BCUT2D eigenvalue weighted by Gasteiger charge is 2.23. The SMILES string of the molecule is CC(=N)c1ccc(C(=O)Cc2c(C(=O)Nc3ccc(Cl)cn3)cc(Cl)cc2N(C)C)c(F)c1. The molecule has 0 bridgehead atoms. The van der Waals surface area contributed by atoms with Crippen LogP contribution in [0.4, 0.5) is 15.9 Å². The second-order valence-electron chi connectivity index (χ2n) is 7.58. The molecule has 170 valence electrons. The summed E-state index contributed by atoms with van der Waals surface area (Å²) in [5.74, 6) is -1.48. The second kappa shape index (κ2) is 10.1. The predicted octanol–water partition coefficient (Wildman–Crippen LogP) is 5.66. The van der Waals surface area contributed by atoms with Gasteiger partial charge in [0.1, 0.15) is 11.6 Å². The van der Waals surface area contributed by atoms with Crippen LogP contribution in [-0.2, 0) is 6.42 Å². The molecule has 1 heterocycles. The minimum absolute atomic E-state index is 0.120. The van der Waals surface area contributed by atoms with E-state index in [-0.39, 0.29) is 29.1 Å². The topological polar surface area (TPSA) is 86.1 Å². The number of amides is 1. The number of anilines is 2. The monoisotopic (exact) mass is 486 g/mol. The molecule has 33 heavy (non-hydrogen) atoms. The van der Waals surface area contributed by atoms with E-state index in [0.717, 1.165) is 6.07 Å². The second-order valence-corrected chi connectivity index (χ2v) is 8.45. The lowest BCUT2D eigenvalue weighted by Crippen LogP contribution is -2.21. The summed E-state index contributed by atoms with van der Waals surface area (Å²) >= 11 is 12.1. The zero-order valence-corrected chi connectivity index (χ0v) is 19.7. The number of Topliss-reactive ketones (excluding diaryl/α,β-unsaturated/α-hetero) is 1. The first-order valence-electron chi connectivity index (χ1n) is 9.87. The molecule has 3 rings (SSSR count). The fourth-order valence-corrected chi connectivity index (χ4v) is 3.60. The number of nitrogens with one attached hydrogen (secondary N) is 2. The largest absolute Gasteiger partial charge is 0.377 e. The van der Waals surface area contributed by atoms with Gasteiger partial charge in [-0.05, 0) is 54.4 Å². The number of ketones is 1. The van der Waals surface area contributed by atoms with Gasteiger partial charge in [0.15, 0.2) is 5.78 Å². The molecule has 0 aliphatic heterocycles. The molecule has 0 radical (unpaired) electrons. The third-order valence-corrected chi connectivity index (χ3v) is 5.37. The Balaban J connectivity index is 2.01. The Bertz CT molecular complexity index is 1240. The molecule has 0 saturated heterocycles. The van der Waals surface area contributed by atoms with Crippen LogP contribution in [0.25, 0.3) is 0 Å². The van der Waals surface area contributed by atoms with E-state index in [2.05, 4.69) is 10.3 Å². The van der Waals surface area contributed by atoms with Gasteiger partial charge in [0.25, 0.3) is 5.91 Å². The number of hydrogen-bond acceptors (Lipinski definition) is 5. The summed E-state index contributed by atoms with van der Waals surface area (Å²) in [5, 5.41) is 11.0. The van der Waals surface area contributed by atoms with E-state index in [1.165, 1.54) is 31.3 Å². The van der Waals surface area contributed by atoms with Gasteiger partial charge < -0.3 is 15.6 Å². The summed E-state index contributed by atoms with van der Waals surface area (Å²) in [6.07, 6.45) is 1.16. The molecular weight excluding hydrogens is 466 g/mol. The Morgan fingerprint density at radius 1 is 1.06 bits per heavy atom. The molecule has 2 aromatic carbocycles. The number of nitrogens with zero attached hydrogens (tertiary/aromatic N) is 2. The Hall–Kier alpha value is -3.29. The summed E-state index contributed by atoms with van der Waals surface area (Å²) in [4.78, 5) is 31.9. The fourth-order valence-electron chi connectivity index (χ4n) is 3.27. The molecule has 6 nitrogen and oxygen atoms in total. The highest BCUT2D eigenvalue weighted by Crippen LogP contribution is 2.30. The molecule has 2 N–H and O–H groups in total. The number of pyridine rings is 1. The van der Waals surface area contributed by atoms with E-state index in [4.69, 9.17) is 28.6 Å². The van der Waals surface area contributed by atoms with Crippen LogP contribution in [0.2, 0.25) is 10.0 Å². The van der Waals surface area contributed by atoms with Gasteiger partial charge in [-0.15, -0.1) is 0 Å². The van der Waals surface area contributed by atoms with Crippen molar-refractivity contribution in [1.82, 2.24) is 4.98 Å². The van der Waals surface area contributed by atoms with Crippen molar-refractivity contribution < 1.29 is 14.0 Å². The third-order valence-electron chi connectivity index (χ3n) is 4.93. The van der Waals surface area contributed by atoms with Crippen molar-refractivity contribution in [3.63, 3.8) is 0 Å². The molecule has 1 amide bonds. The molecule has 1 aromatic heterocycles. The summed E-state index contributed by atoms with van der Waals surface area (Å²) in [6, 6.07) is 10.3. The van der Waals surface area contributed by atoms with Crippen molar-refractivity contribution in [2.24, 2.45) is 0 Å². The van der Waals surface area contributed by atoms with Crippen molar-refractivity contribution in [2.75, 3.05) is 24.3 Å². The minimum Gasteiger partial charge on any atom is -0.377 e. The maximum atomic E-state index is 14.6. The Morgan fingerprint density at radius 2 is 1.79 bits per heavy atom. The van der Waals surface area contributed by atoms with E-state index in [1.54, 1.807) is 37.2 Å². The van der Waals surface area contributed by atoms with Crippen LogP contribution in [0.15, 0.2) is 48.7 Å². The van der Waals surface area contributed by atoms with Crippen LogP contribution in [0.3, 0.4) is 0 Å². The Morgan fingerprint density at radius 3 is 2.36 bits per heavy atom. The Kier molecular flexibility index (Phi) is 7.46. The number of hydrogen-bond donors (Lipinski definition) is 2. The normalized spacial score (nSPS) is 10.6.